The molecule has 4 rings (SSSR count). The molecule has 0 saturated carbocycles. The van der Waals surface area contributed by atoms with E-state index >= 15 is 0 Å². The van der Waals surface area contributed by atoms with Crippen molar-refractivity contribution >= 4 is 38.6 Å². The van der Waals surface area contributed by atoms with Gasteiger partial charge in [0.1, 0.15) is 11.3 Å². The second-order valence-corrected chi connectivity index (χ2v) is 6.13. The predicted molar refractivity (Wildman–Crippen MR) is 89.9 cm³/mol. The summed E-state index contributed by atoms with van der Waals surface area (Å²) in [6.07, 6.45) is 1.65. The van der Waals surface area contributed by atoms with Gasteiger partial charge >= 0.3 is 0 Å². The minimum Gasteiger partial charge on any atom is -0.464 e. The predicted octanol–water partition coefficient (Wildman–Crippen LogP) is 6.17. The maximum atomic E-state index is 6.23. The fourth-order valence-electron chi connectivity index (χ4n) is 2.30. The van der Waals surface area contributed by atoms with Crippen molar-refractivity contribution in [1.29, 1.82) is 0 Å². The summed E-state index contributed by atoms with van der Waals surface area (Å²) < 4.78 is 12.1. The SMILES string of the molecule is Clc1ccc(Br)cc1-c1nc2cc(-c3ccco3)ccc2o1. The van der Waals surface area contributed by atoms with E-state index in [4.69, 9.17) is 20.4 Å². The van der Waals surface area contributed by atoms with E-state index in [1.54, 1.807) is 6.26 Å². The monoisotopic (exact) mass is 373 g/mol. The van der Waals surface area contributed by atoms with Crippen LogP contribution in [0.25, 0.3) is 33.9 Å². The number of rotatable bonds is 2. The van der Waals surface area contributed by atoms with E-state index in [2.05, 4.69) is 20.9 Å². The van der Waals surface area contributed by atoms with E-state index < -0.39 is 0 Å². The number of halogens is 2. The molecule has 0 N–H and O–H groups in total. The summed E-state index contributed by atoms with van der Waals surface area (Å²) in [7, 11) is 0. The number of fused-ring (bicyclic) bond motifs is 1. The van der Waals surface area contributed by atoms with Gasteiger partial charge in [0.25, 0.3) is 0 Å². The molecule has 22 heavy (non-hydrogen) atoms. The summed E-state index contributed by atoms with van der Waals surface area (Å²) in [4.78, 5) is 4.54. The van der Waals surface area contributed by atoms with Gasteiger partial charge in [0.05, 0.1) is 16.8 Å². The van der Waals surface area contributed by atoms with E-state index in [0.717, 1.165) is 26.9 Å². The van der Waals surface area contributed by atoms with Gasteiger partial charge in [0.15, 0.2) is 5.58 Å². The number of nitrogens with zero attached hydrogens (tertiary/aromatic N) is 1. The van der Waals surface area contributed by atoms with Crippen LogP contribution in [0.3, 0.4) is 0 Å². The van der Waals surface area contributed by atoms with Crippen LogP contribution in [0.2, 0.25) is 5.02 Å². The van der Waals surface area contributed by atoms with Gasteiger partial charge in [-0.15, -0.1) is 0 Å². The van der Waals surface area contributed by atoms with Crippen LogP contribution in [0.5, 0.6) is 0 Å². The molecule has 3 nitrogen and oxygen atoms in total. The molecular weight excluding hydrogens is 366 g/mol. The number of aromatic nitrogens is 1. The second-order valence-electron chi connectivity index (χ2n) is 4.80. The molecule has 0 atom stereocenters. The number of benzene rings is 2. The molecule has 0 aliphatic rings. The summed E-state index contributed by atoms with van der Waals surface area (Å²) in [6.45, 7) is 0. The molecule has 0 aliphatic heterocycles. The molecule has 5 heteroatoms. The maximum Gasteiger partial charge on any atom is 0.228 e. The van der Waals surface area contributed by atoms with E-state index in [1.807, 2.05) is 48.5 Å². The normalized spacial score (nSPS) is 11.2. The Bertz CT molecular complexity index is 960. The largest absolute Gasteiger partial charge is 0.464 e. The standard InChI is InChI=1S/C17H9BrClNO2/c18-11-4-5-13(19)12(9-11)17-20-14-8-10(3-6-16(14)22-17)15-2-1-7-21-15/h1-9H. The lowest BCUT2D eigenvalue weighted by Gasteiger charge is -1.99. The zero-order valence-corrected chi connectivity index (χ0v) is 13.6. The number of oxazole rings is 1. The van der Waals surface area contributed by atoms with Crippen LogP contribution in [-0.2, 0) is 0 Å². The topological polar surface area (TPSA) is 39.2 Å². The Labute approximate surface area is 139 Å². The van der Waals surface area contributed by atoms with Crippen molar-refractivity contribution in [2.24, 2.45) is 0 Å². The van der Waals surface area contributed by atoms with Crippen molar-refractivity contribution in [3.05, 3.63) is 64.3 Å². The first-order valence-electron chi connectivity index (χ1n) is 6.60. The Morgan fingerprint density at radius 2 is 1.95 bits per heavy atom. The Morgan fingerprint density at radius 3 is 2.77 bits per heavy atom. The quantitative estimate of drug-likeness (QED) is 0.421. The first-order chi connectivity index (χ1) is 10.7. The molecule has 0 saturated heterocycles. The first-order valence-corrected chi connectivity index (χ1v) is 7.78. The summed E-state index contributed by atoms with van der Waals surface area (Å²) in [5, 5.41) is 0.598. The fourth-order valence-corrected chi connectivity index (χ4v) is 2.86. The molecule has 108 valence electrons. The molecule has 2 aromatic heterocycles. The Hall–Kier alpha value is -2.04. The maximum absolute atomic E-state index is 6.23. The van der Waals surface area contributed by atoms with Gasteiger partial charge in [-0.2, -0.15) is 0 Å². The van der Waals surface area contributed by atoms with Crippen LogP contribution >= 0.6 is 27.5 Å². The van der Waals surface area contributed by atoms with Crippen molar-refractivity contribution in [1.82, 2.24) is 4.98 Å². The molecular formula is C17H9BrClNO2. The van der Waals surface area contributed by atoms with Crippen LogP contribution in [0.15, 0.2) is 68.1 Å². The third kappa shape index (κ3) is 2.34. The fraction of sp³-hybridized carbons (Fsp3) is 0. The minimum absolute atomic E-state index is 0.498. The molecule has 0 radical (unpaired) electrons. The summed E-state index contributed by atoms with van der Waals surface area (Å²) in [5.41, 5.74) is 3.19. The lowest BCUT2D eigenvalue weighted by atomic mass is 10.1. The third-order valence-electron chi connectivity index (χ3n) is 3.35. The molecule has 0 aliphatic carbocycles. The summed E-state index contributed by atoms with van der Waals surface area (Å²) in [6, 6.07) is 15.1. The summed E-state index contributed by atoms with van der Waals surface area (Å²) >= 11 is 9.67. The van der Waals surface area contributed by atoms with Gasteiger partial charge < -0.3 is 8.83 Å². The molecule has 0 unspecified atom stereocenters. The van der Waals surface area contributed by atoms with Crippen LogP contribution < -0.4 is 0 Å². The number of hydrogen-bond donors (Lipinski definition) is 0. The molecule has 2 aromatic carbocycles. The van der Waals surface area contributed by atoms with Gasteiger partial charge in [0, 0.05) is 10.0 Å². The Balaban J connectivity index is 1.85. The van der Waals surface area contributed by atoms with Crippen LogP contribution in [0.4, 0.5) is 0 Å². The zero-order chi connectivity index (χ0) is 15.1. The van der Waals surface area contributed by atoms with Crippen LogP contribution in [-0.4, -0.2) is 4.98 Å². The van der Waals surface area contributed by atoms with Gasteiger partial charge in [0.2, 0.25) is 5.89 Å². The smallest absolute Gasteiger partial charge is 0.228 e. The van der Waals surface area contributed by atoms with Gasteiger partial charge in [-0.1, -0.05) is 27.5 Å². The van der Waals surface area contributed by atoms with Crippen molar-refractivity contribution in [3.63, 3.8) is 0 Å². The minimum atomic E-state index is 0.498. The van der Waals surface area contributed by atoms with E-state index in [1.165, 1.54) is 0 Å². The molecule has 4 aromatic rings. The van der Waals surface area contributed by atoms with Crippen LogP contribution in [0.1, 0.15) is 0 Å². The highest BCUT2D eigenvalue weighted by Crippen LogP contribution is 2.33. The van der Waals surface area contributed by atoms with Crippen molar-refractivity contribution in [2.75, 3.05) is 0 Å². The molecule has 0 spiro atoms. The third-order valence-corrected chi connectivity index (χ3v) is 4.17. The van der Waals surface area contributed by atoms with E-state index in [9.17, 15) is 0 Å². The Morgan fingerprint density at radius 1 is 1.05 bits per heavy atom. The van der Waals surface area contributed by atoms with Crippen molar-refractivity contribution < 1.29 is 8.83 Å². The average molecular weight is 375 g/mol. The van der Waals surface area contributed by atoms with Gasteiger partial charge in [-0.25, -0.2) is 4.98 Å². The van der Waals surface area contributed by atoms with E-state index in [-0.39, 0.29) is 0 Å². The highest BCUT2D eigenvalue weighted by atomic mass is 79.9. The second kappa shape index (κ2) is 5.30. The zero-order valence-electron chi connectivity index (χ0n) is 11.2. The number of hydrogen-bond acceptors (Lipinski definition) is 3. The lowest BCUT2D eigenvalue weighted by molar-refractivity contribution is 0.582. The highest BCUT2D eigenvalue weighted by Gasteiger charge is 2.13. The van der Waals surface area contributed by atoms with Gasteiger partial charge in [-0.3, -0.25) is 0 Å². The number of furan rings is 1. The molecule has 2 heterocycles. The molecule has 0 bridgehead atoms. The summed E-state index contributed by atoms with van der Waals surface area (Å²) in [5.74, 6) is 1.30. The molecule has 0 fully saturated rings. The van der Waals surface area contributed by atoms with E-state index in [0.29, 0.717) is 16.5 Å². The lowest BCUT2D eigenvalue weighted by Crippen LogP contribution is -1.79. The Kier molecular flexibility index (Phi) is 3.28. The average Bonchev–Trinajstić information content (AvgIpc) is 3.17. The highest BCUT2D eigenvalue weighted by molar-refractivity contribution is 9.10. The first kappa shape index (κ1) is 13.6. The molecule has 0 amide bonds. The van der Waals surface area contributed by atoms with Crippen LogP contribution in [0, 0.1) is 0 Å². The van der Waals surface area contributed by atoms with Crippen molar-refractivity contribution in [2.45, 2.75) is 0 Å². The van der Waals surface area contributed by atoms with Crippen molar-refractivity contribution in [3.8, 4) is 22.8 Å². The van der Waals surface area contributed by atoms with Gasteiger partial charge in [-0.05, 0) is 48.5 Å².